The molecule has 2 aliphatic rings. The van der Waals surface area contributed by atoms with Crippen LogP contribution in [0.2, 0.25) is 0 Å². The molecule has 0 saturated carbocycles. The van der Waals surface area contributed by atoms with Gasteiger partial charge < -0.3 is 10.1 Å². The van der Waals surface area contributed by atoms with Gasteiger partial charge in [-0.15, -0.1) is 0 Å². The minimum Gasteiger partial charge on any atom is -0.380 e. The molecule has 0 amide bonds. The van der Waals surface area contributed by atoms with Gasteiger partial charge >= 0.3 is 0 Å². The lowest BCUT2D eigenvalue weighted by Crippen LogP contribution is -2.30. The Hall–Kier alpha value is -1.11. The summed E-state index contributed by atoms with van der Waals surface area (Å²) in [7, 11) is -3.37. The third kappa shape index (κ3) is 2.68. The van der Waals surface area contributed by atoms with Crippen LogP contribution < -0.4 is 10.0 Å². The number of hydrogen-bond acceptors (Lipinski definition) is 4. The number of rotatable bonds is 5. The molecule has 3 rings (SSSR count). The summed E-state index contributed by atoms with van der Waals surface area (Å²) in [5.41, 5.74) is 0.946. The van der Waals surface area contributed by atoms with E-state index in [9.17, 15) is 8.42 Å². The molecule has 20 heavy (non-hydrogen) atoms. The van der Waals surface area contributed by atoms with Crippen molar-refractivity contribution in [3.63, 3.8) is 0 Å². The molecule has 0 spiro atoms. The maximum atomic E-state index is 11.8. The molecular weight excluding hydrogens is 276 g/mol. The van der Waals surface area contributed by atoms with Gasteiger partial charge in [0.25, 0.3) is 0 Å². The largest absolute Gasteiger partial charge is 0.380 e. The average Bonchev–Trinajstić information content (AvgIpc) is 3.01. The van der Waals surface area contributed by atoms with E-state index < -0.39 is 10.0 Å². The molecule has 0 radical (unpaired) electrons. The summed E-state index contributed by atoms with van der Waals surface area (Å²) in [5, 5.41) is 3.44. The van der Waals surface area contributed by atoms with E-state index in [1.54, 1.807) is 19.1 Å². The highest BCUT2D eigenvalue weighted by atomic mass is 32.2. The normalized spacial score (nSPS) is 28.8. The molecule has 5 nitrogen and oxygen atoms in total. The number of fused-ring (bicyclic) bond motifs is 2. The van der Waals surface area contributed by atoms with Crippen molar-refractivity contribution >= 4 is 15.7 Å². The van der Waals surface area contributed by atoms with Crippen molar-refractivity contribution in [1.82, 2.24) is 4.72 Å². The SMILES string of the molecule is CCNS(=O)(=O)c1ccc(NC2CC3CCC2O3)cc1. The van der Waals surface area contributed by atoms with Crippen LogP contribution in [0.4, 0.5) is 5.69 Å². The monoisotopic (exact) mass is 296 g/mol. The van der Waals surface area contributed by atoms with Crippen LogP contribution in [0.25, 0.3) is 0 Å². The summed E-state index contributed by atoms with van der Waals surface area (Å²) < 4.78 is 32.0. The van der Waals surface area contributed by atoms with E-state index in [0.717, 1.165) is 18.5 Å². The van der Waals surface area contributed by atoms with Crippen LogP contribution >= 0.6 is 0 Å². The second-order valence-corrected chi connectivity index (χ2v) is 7.15. The topological polar surface area (TPSA) is 67.4 Å². The second kappa shape index (κ2) is 5.35. The van der Waals surface area contributed by atoms with E-state index in [4.69, 9.17) is 4.74 Å². The fraction of sp³-hybridized carbons (Fsp3) is 0.571. The molecule has 3 unspecified atom stereocenters. The molecule has 2 N–H and O–H groups in total. The number of hydrogen-bond donors (Lipinski definition) is 2. The van der Waals surface area contributed by atoms with E-state index >= 15 is 0 Å². The maximum absolute atomic E-state index is 11.8. The molecular formula is C14H20N2O3S. The first-order chi connectivity index (χ1) is 9.58. The Kier molecular flexibility index (Phi) is 3.70. The van der Waals surface area contributed by atoms with Gasteiger partial charge in [0, 0.05) is 12.2 Å². The first kappa shape index (κ1) is 13.9. The number of nitrogens with one attached hydrogen (secondary N) is 2. The van der Waals surface area contributed by atoms with E-state index in [-0.39, 0.29) is 0 Å². The summed E-state index contributed by atoms with van der Waals surface area (Å²) in [6, 6.07) is 7.25. The van der Waals surface area contributed by atoms with Gasteiger partial charge in [-0.05, 0) is 43.5 Å². The van der Waals surface area contributed by atoms with Crippen molar-refractivity contribution in [2.75, 3.05) is 11.9 Å². The highest BCUT2D eigenvalue weighted by Crippen LogP contribution is 2.36. The zero-order chi connectivity index (χ0) is 14.2. The zero-order valence-corrected chi connectivity index (χ0v) is 12.3. The Morgan fingerprint density at radius 3 is 2.55 bits per heavy atom. The van der Waals surface area contributed by atoms with Gasteiger partial charge in [-0.25, -0.2) is 13.1 Å². The smallest absolute Gasteiger partial charge is 0.240 e. The highest BCUT2D eigenvalue weighted by Gasteiger charge is 2.40. The van der Waals surface area contributed by atoms with Gasteiger partial charge in [-0.2, -0.15) is 0 Å². The molecule has 110 valence electrons. The third-order valence-corrected chi connectivity index (χ3v) is 5.52. The van der Waals surface area contributed by atoms with Crippen molar-refractivity contribution in [2.45, 2.75) is 49.3 Å². The van der Waals surface area contributed by atoms with Crippen LogP contribution in [0.1, 0.15) is 26.2 Å². The molecule has 1 aromatic rings. The van der Waals surface area contributed by atoms with Crippen LogP contribution in [0, 0.1) is 0 Å². The zero-order valence-electron chi connectivity index (χ0n) is 11.5. The Bertz CT molecular complexity index is 571. The number of benzene rings is 1. The van der Waals surface area contributed by atoms with Gasteiger partial charge in [-0.1, -0.05) is 6.92 Å². The molecule has 2 fully saturated rings. The fourth-order valence-electron chi connectivity index (χ4n) is 3.01. The van der Waals surface area contributed by atoms with Crippen LogP contribution in [-0.2, 0) is 14.8 Å². The van der Waals surface area contributed by atoms with Crippen molar-refractivity contribution in [3.8, 4) is 0 Å². The Morgan fingerprint density at radius 2 is 2.00 bits per heavy atom. The third-order valence-electron chi connectivity index (χ3n) is 3.96. The average molecular weight is 296 g/mol. The van der Waals surface area contributed by atoms with Crippen LogP contribution in [-0.4, -0.2) is 33.2 Å². The Morgan fingerprint density at radius 1 is 1.25 bits per heavy atom. The quantitative estimate of drug-likeness (QED) is 0.868. The van der Waals surface area contributed by atoms with Gasteiger partial charge in [0.05, 0.1) is 23.1 Å². The van der Waals surface area contributed by atoms with Crippen LogP contribution in [0.15, 0.2) is 29.2 Å². The molecule has 0 aromatic heterocycles. The Balaban J connectivity index is 1.67. The summed E-state index contributed by atoms with van der Waals surface area (Å²) in [5.74, 6) is 0. The van der Waals surface area contributed by atoms with Crippen LogP contribution in [0.3, 0.4) is 0 Å². The predicted octanol–water partition coefficient (Wildman–Crippen LogP) is 1.72. The van der Waals surface area contributed by atoms with Crippen molar-refractivity contribution in [3.05, 3.63) is 24.3 Å². The molecule has 6 heteroatoms. The predicted molar refractivity (Wildman–Crippen MR) is 77.2 cm³/mol. The second-order valence-electron chi connectivity index (χ2n) is 5.39. The van der Waals surface area contributed by atoms with Crippen molar-refractivity contribution < 1.29 is 13.2 Å². The lowest BCUT2D eigenvalue weighted by molar-refractivity contribution is 0.102. The number of anilines is 1. The van der Waals surface area contributed by atoms with E-state index in [0.29, 0.717) is 29.7 Å². The van der Waals surface area contributed by atoms with Crippen molar-refractivity contribution in [1.29, 1.82) is 0 Å². The minimum atomic E-state index is -3.37. The van der Waals surface area contributed by atoms with Crippen molar-refractivity contribution in [2.24, 2.45) is 0 Å². The molecule has 2 heterocycles. The summed E-state index contributed by atoms with van der Waals surface area (Å²) in [4.78, 5) is 0.300. The van der Waals surface area contributed by atoms with Gasteiger partial charge in [-0.3, -0.25) is 0 Å². The standard InChI is InChI=1S/C14H20N2O3S/c1-2-15-20(17,18)12-6-3-10(4-7-12)16-13-9-11-5-8-14(13)19-11/h3-4,6-7,11,13-16H,2,5,8-9H2,1H3. The Labute approximate surface area is 119 Å². The minimum absolute atomic E-state index is 0.300. The van der Waals surface area contributed by atoms with E-state index in [2.05, 4.69) is 10.0 Å². The number of sulfonamides is 1. The van der Waals surface area contributed by atoms with E-state index in [1.807, 2.05) is 12.1 Å². The van der Waals surface area contributed by atoms with Gasteiger partial charge in [0.1, 0.15) is 0 Å². The molecule has 1 aromatic carbocycles. The number of ether oxygens (including phenoxy) is 1. The van der Waals surface area contributed by atoms with Gasteiger partial charge in [0.2, 0.25) is 10.0 Å². The first-order valence-corrected chi connectivity index (χ1v) is 8.58. The van der Waals surface area contributed by atoms with E-state index in [1.165, 1.54) is 6.42 Å². The molecule has 2 aliphatic heterocycles. The van der Waals surface area contributed by atoms with Gasteiger partial charge in [0.15, 0.2) is 0 Å². The molecule has 3 atom stereocenters. The molecule has 0 aliphatic carbocycles. The summed E-state index contributed by atoms with van der Waals surface area (Å²) >= 11 is 0. The summed E-state index contributed by atoms with van der Waals surface area (Å²) in [6.07, 6.45) is 4.05. The lowest BCUT2D eigenvalue weighted by atomic mass is 9.95. The maximum Gasteiger partial charge on any atom is 0.240 e. The fourth-order valence-corrected chi connectivity index (χ4v) is 4.05. The highest BCUT2D eigenvalue weighted by molar-refractivity contribution is 7.89. The summed E-state index contributed by atoms with van der Waals surface area (Å²) in [6.45, 7) is 2.16. The molecule has 2 bridgehead atoms. The first-order valence-electron chi connectivity index (χ1n) is 7.10. The van der Waals surface area contributed by atoms with Crippen LogP contribution in [0.5, 0.6) is 0 Å². The lowest BCUT2D eigenvalue weighted by Gasteiger charge is -2.21. The molecule has 2 saturated heterocycles.